The van der Waals surface area contributed by atoms with Crippen LogP contribution in [0.1, 0.15) is 15.9 Å². The van der Waals surface area contributed by atoms with Crippen LogP contribution in [0.5, 0.6) is 0 Å². The molecule has 1 aromatic carbocycles. The monoisotopic (exact) mass is 322 g/mol. The average molecular weight is 323 g/mol. The SMILES string of the molecule is CN(S)c1ccccc1CNc1cc(Cl)ncc1C(N)=O. The number of benzene rings is 1. The summed E-state index contributed by atoms with van der Waals surface area (Å²) in [4.78, 5) is 15.3. The Balaban J connectivity index is 2.25. The highest BCUT2D eigenvalue weighted by atomic mass is 35.5. The highest BCUT2D eigenvalue weighted by Gasteiger charge is 2.11. The van der Waals surface area contributed by atoms with E-state index in [1.165, 1.54) is 6.20 Å². The molecule has 0 bridgehead atoms. The molecule has 0 radical (unpaired) electrons. The van der Waals surface area contributed by atoms with Crippen LogP contribution in [0.25, 0.3) is 0 Å². The van der Waals surface area contributed by atoms with Crippen molar-refractivity contribution in [1.82, 2.24) is 4.98 Å². The van der Waals surface area contributed by atoms with Gasteiger partial charge in [0.25, 0.3) is 5.91 Å². The van der Waals surface area contributed by atoms with E-state index in [1.54, 1.807) is 10.4 Å². The first-order valence-electron chi connectivity index (χ1n) is 6.18. The molecule has 1 heterocycles. The fourth-order valence-corrected chi connectivity index (χ4v) is 2.29. The second-order valence-corrected chi connectivity index (χ2v) is 5.41. The number of para-hydroxylation sites is 1. The molecule has 2 rings (SSSR count). The number of nitrogens with two attached hydrogens (primary N) is 1. The molecular weight excluding hydrogens is 308 g/mol. The maximum absolute atomic E-state index is 11.4. The van der Waals surface area contributed by atoms with Gasteiger partial charge >= 0.3 is 0 Å². The first-order valence-corrected chi connectivity index (χ1v) is 6.96. The second kappa shape index (κ2) is 6.69. The van der Waals surface area contributed by atoms with Crippen LogP contribution in [0.15, 0.2) is 36.5 Å². The van der Waals surface area contributed by atoms with Crippen molar-refractivity contribution in [3.63, 3.8) is 0 Å². The Kier molecular flexibility index (Phi) is 4.93. The lowest BCUT2D eigenvalue weighted by Crippen LogP contribution is -2.15. The van der Waals surface area contributed by atoms with Gasteiger partial charge in [-0.15, -0.1) is 0 Å². The van der Waals surface area contributed by atoms with Crippen LogP contribution in [0.4, 0.5) is 11.4 Å². The van der Waals surface area contributed by atoms with Crippen LogP contribution < -0.4 is 15.4 Å². The second-order valence-electron chi connectivity index (χ2n) is 4.42. The Morgan fingerprint density at radius 2 is 2.19 bits per heavy atom. The molecule has 0 saturated carbocycles. The van der Waals surface area contributed by atoms with Gasteiger partial charge in [-0.2, -0.15) is 0 Å². The number of hydrogen-bond acceptors (Lipinski definition) is 5. The summed E-state index contributed by atoms with van der Waals surface area (Å²) in [5.41, 5.74) is 8.18. The molecule has 1 aromatic heterocycles. The van der Waals surface area contributed by atoms with E-state index in [0.29, 0.717) is 22.9 Å². The van der Waals surface area contributed by atoms with E-state index in [9.17, 15) is 4.79 Å². The molecule has 21 heavy (non-hydrogen) atoms. The van der Waals surface area contributed by atoms with Crippen LogP contribution in [0.2, 0.25) is 5.15 Å². The van der Waals surface area contributed by atoms with E-state index >= 15 is 0 Å². The number of pyridine rings is 1. The molecule has 7 heteroatoms. The number of carbonyl (C=O) groups excluding carboxylic acids is 1. The number of aromatic nitrogens is 1. The van der Waals surface area contributed by atoms with E-state index in [1.807, 2.05) is 31.3 Å². The summed E-state index contributed by atoms with van der Waals surface area (Å²) in [5.74, 6) is -0.554. The molecule has 3 N–H and O–H groups in total. The fourth-order valence-electron chi connectivity index (χ4n) is 1.94. The van der Waals surface area contributed by atoms with Gasteiger partial charge in [0, 0.05) is 19.8 Å². The van der Waals surface area contributed by atoms with Gasteiger partial charge in [-0.1, -0.05) is 42.6 Å². The van der Waals surface area contributed by atoms with Crippen molar-refractivity contribution in [3.05, 3.63) is 52.8 Å². The quantitative estimate of drug-likeness (QED) is 0.584. The molecular formula is C14H15ClN4OS. The van der Waals surface area contributed by atoms with Crippen molar-refractivity contribution in [2.45, 2.75) is 6.54 Å². The van der Waals surface area contributed by atoms with Crippen molar-refractivity contribution in [2.24, 2.45) is 5.73 Å². The number of nitrogens with zero attached hydrogens (tertiary/aromatic N) is 2. The Morgan fingerprint density at radius 1 is 1.48 bits per heavy atom. The van der Waals surface area contributed by atoms with Crippen LogP contribution in [0, 0.1) is 0 Å². The molecule has 1 amide bonds. The Labute approximate surface area is 133 Å². The number of nitrogens with one attached hydrogen (secondary N) is 1. The van der Waals surface area contributed by atoms with Gasteiger partial charge in [0.05, 0.1) is 16.9 Å². The fraction of sp³-hybridized carbons (Fsp3) is 0.143. The van der Waals surface area contributed by atoms with Gasteiger partial charge in [0.15, 0.2) is 0 Å². The van der Waals surface area contributed by atoms with Crippen molar-refractivity contribution in [1.29, 1.82) is 0 Å². The van der Waals surface area contributed by atoms with Crippen LogP contribution in [0.3, 0.4) is 0 Å². The summed E-state index contributed by atoms with van der Waals surface area (Å²) in [6, 6.07) is 9.38. The van der Waals surface area contributed by atoms with Gasteiger partial charge in [0.1, 0.15) is 5.15 Å². The van der Waals surface area contributed by atoms with Gasteiger partial charge in [-0.3, -0.25) is 4.79 Å². The maximum Gasteiger partial charge on any atom is 0.252 e. The van der Waals surface area contributed by atoms with Gasteiger partial charge < -0.3 is 15.4 Å². The predicted octanol–water partition coefficient (Wildman–Crippen LogP) is 2.73. The van der Waals surface area contributed by atoms with Crippen molar-refractivity contribution < 1.29 is 4.79 Å². The third-order valence-corrected chi connectivity index (χ3v) is 3.37. The minimum absolute atomic E-state index is 0.294. The number of anilines is 2. The molecule has 0 aliphatic carbocycles. The molecule has 110 valence electrons. The number of rotatable bonds is 5. The van der Waals surface area contributed by atoms with Gasteiger partial charge in [0.2, 0.25) is 0 Å². The van der Waals surface area contributed by atoms with Gasteiger partial charge in [-0.25, -0.2) is 4.98 Å². The zero-order valence-electron chi connectivity index (χ0n) is 11.4. The maximum atomic E-state index is 11.4. The predicted molar refractivity (Wildman–Crippen MR) is 88.9 cm³/mol. The molecule has 0 unspecified atom stereocenters. The zero-order chi connectivity index (χ0) is 15.4. The van der Waals surface area contributed by atoms with E-state index in [-0.39, 0.29) is 0 Å². The molecule has 0 aliphatic heterocycles. The largest absolute Gasteiger partial charge is 0.380 e. The van der Waals surface area contributed by atoms with Gasteiger partial charge in [-0.05, 0) is 17.7 Å². The van der Waals surface area contributed by atoms with Crippen LogP contribution in [-0.2, 0) is 6.54 Å². The molecule has 0 fully saturated rings. The summed E-state index contributed by atoms with van der Waals surface area (Å²) in [6.45, 7) is 0.502. The Hall–Kier alpha value is -1.92. The minimum Gasteiger partial charge on any atom is -0.380 e. The molecule has 0 saturated heterocycles. The lowest BCUT2D eigenvalue weighted by Gasteiger charge is -2.17. The molecule has 5 nitrogen and oxygen atoms in total. The lowest BCUT2D eigenvalue weighted by molar-refractivity contribution is 0.100. The first kappa shape index (κ1) is 15.5. The summed E-state index contributed by atoms with van der Waals surface area (Å²) in [5, 5.41) is 3.45. The highest BCUT2D eigenvalue weighted by molar-refractivity contribution is 7.81. The average Bonchev–Trinajstić information content (AvgIpc) is 2.45. The number of primary amides is 1. The Bertz CT molecular complexity index is 663. The van der Waals surface area contributed by atoms with E-state index in [0.717, 1.165) is 11.3 Å². The van der Waals surface area contributed by atoms with E-state index in [4.69, 9.17) is 17.3 Å². The summed E-state index contributed by atoms with van der Waals surface area (Å²) >= 11 is 10.2. The van der Waals surface area contributed by atoms with E-state index < -0.39 is 5.91 Å². The number of carbonyl (C=O) groups is 1. The standard InChI is InChI=1S/C14H15ClN4OS/c1-19(21)12-5-3-2-4-9(12)7-17-11-6-13(15)18-8-10(11)14(16)20/h2-6,8,21H,7H2,1H3,(H2,16,20)(H,17,18). The third kappa shape index (κ3) is 3.80. The van der Waals surface area contributed by atoms with E-state index in [2.05, 4.69) is 23.1 Å². The van der Waals surface area contributed by atoms with Crippen molar-refractivity contribution in [2.75, 3.05) is 16.7 Å². The number of hydrogen-bond donors (Lipinski definition) is 3. The molecule has 2 aromatic rings. The number of halogens is 1. The summed E-state index contributed by atoms with van der Waals surface area (Å²) < 4.78 is 1.73. The molecule has 0 atom stereocenters. The minimum atomic E-state index is -0.554. The zero-order valence-corrected chi connectivity index (χ0v) is 13.0. The van der Waals surface area contributed by atoms with Crippen LogP contribution in [-0.4, -0.2) is 17.9 Å². The topological polar surface area (TPSA) is 71.2 Å². The third-order valence-electron chi connectivity index (χ3n) is 2.95. The lowest BCUT2D eigenvalue weighted by atomic mass is 10.1. The first-order chi connectivity index (χ1) is 9.99. The smallest absolute Gasteiger partial charge is 0.252 e. The summed E-state index contributed by atoms with van der Waals surface area (Å²) in [7, 11) is 1.85. The number of amides is 1. The molecule has 0 spiro atoms. The molecule has 0 aliphatic rings. The highest BCUT2D eigenvalue weighted by Crippen LogP contribution is 2.23. The normalized spacial score (nSPS) is 10.2. The summed E-state index contributed by atoms with van der Waals surface area (Å²) in [6.07, 6.45) is 1.36. The van der Waals surface area contributed by atoms with Crippen molar-refractivity contribution in [3.8, 4) is 0 Å². The van der Waals surface area contributed by atoms with Crippen LogP contribution >= 0.6 is 24.4 Å². The Morgan fingerprint density at radius 3 is 2.86 bits per heavy atom. The van der Waals surface area contributed by atoms with Crippen molar-refractivity contribution >= 4 is 41.7 Å². The number of thiol groups is 1.